The van der Waals surface area contributed by atoms with Crippen molar-refractivity contribution in [3.63, 3.8) is 0 Å². The topological polar surface area (TPSA) is 35.9 Å². The molecule has 0 spiro atoms. The summed E-state index contributed by atoms with van der Waals surface area (Å²) in [5.41, 5.74) is 10.8. The maximum Gasteiger partial charge on any atom is 0.269 e. The van der Waals surface area contributed by atoms with E-state index in [1.807, 2.05) is 94.3 Å². The minimum atomic E-state index is -0.435. The molecule has 0 aliphatic carbocycles. The van der Waals surface area contributed by atoms with Crippen molar-refractivity contribution >= 4 is 21.8 Å². The lowest BCUT2D eigenvalue weighted by Crippen LogP contribution is -2.34. The number of aromatic nitrogens is 4. The quantitative estimate of drug-likeness (QED) is 0.129. The first-order valence-electron chi connectivity index (χ1n) is 22.2. The molecular weight excluding hydrogens is 721 g/mol. The third-order valence-corrected chi connectivity index (χ3v) is 11.3. The number of nitrogens with zero attached hydrogens (tertiary/aromatic N) is 4. The lowest BCUT2D eigenvalue weighted by atomic mass is 9.87. The first kappa shape index (κ1) is 29.7. The van der Waals surface area contributed by atoms with E-state index in [0.29, 0.717) is 22.7 Å². The van der Waals surface area contributed by atoms with Gasteiger partial charge >= 0.3 is 0 Å². The largest absolute Gasteiger partial charge is 0.458 e. The van der Waals surface area contributed by atoms with Crippen LogP contribution < -0.4 is 9.30 Å². The van der Waals surface area contributed by atoms with Crippen molar-refractivity contribution in [2.45, 2.75) is 26.2 Å². The fourth-order valence-electron chi connectivity index (χ4n) is 8.45. The van der Waals surface area contributed by atoms with E-state index in [9.17, 15) is 0 Å². The predicted molar refractivity (Wildman–Crippen MR) is 239 cm³/mol. The van der Waals surface area contributed by atoms with Gasteiger partial charge in [0.25, 0.3) is 6.33 Å². The highest BCUT2D eigenvalue weighted by molar-refractivity contribution is 6.09. The van der Waals surface area contributed by atoms with E-state index in [2.05, 4.69) is 104 Å². The van der Waals surface area contributed by atoms with Crippen LogP contribution >= 0.6 is 0 Å². The van der Waals surface area contributed by atoms with Gasteiger partial charge in [-0.1, -0.05) is 142 Å². The molecule has 0 saturated heterocycles. The summed E-state index contributed by atoms with van der Waals surface area (Å²) in [6, 6.07) is 47.1. The highest BCUT2D eigenvalue weighted by Crippen LogP contribution is 2.44. The Morgan fingerprint density at radius 3 is 2.08 bits per heavy atom. The molecule has 3 aromatic heterocycles. The van der Waals surface area contributed by atoms with Crippen molar-refractivity contribution in [2.24, 2.45) is 0 Å². The summed E-state index contributed by atoms with van der Waals surface area (Å²) in [7, 11) is 0. The summed E-state index contributed by atoms with van der Waals surface area (Å²) in [6.45, 7) is 6.62. The number of pyridine rings is 1. The van der Waals surface area contributed by atoms with E-state index in [1.54, 1.807) is 0 Å². The summed E-state index contributed by atoms with van der Waals surface area (Å²) in [6.07, 6.45) is 7.53. The fourth-order valence-corrected chi connectivity index (χ4v) is 8.45. The molecule has 0 atom stereocenters. The molecule has 11 rings (SSSR count). The van der Waals surface area contributed by atoms with Gasteiger partial charge in [0.15, 0.2) is 0 Å². The van der Waals surface area contributed by atoms with Crippen molar-refractivity contribution in [1.82, 2.24) is 14.1 Å². The number of rotatable bonds is 5. The van der Waals surface area contributed by atoms with Crippen LogP contribution in [0.3, 0.4) is 0 Å². The third-order valence-electron chi connectivity index (χ3n) is 11.3. The first-order valence-corrected chi connectivity index (χ1v) is 19.7. The van der Waals surface area contributed by atoms with Gasteiger partial charge in [-0.2, -0.15) is 0 Å². The van der Waals surface area contributed by atoms with Gasteiger partial charge in [-0.25, -0.2) is 4.98 Å². The van der Waals surface area contributed by atoms with Gasteiger partial charge in [-0.05, 0) is 98.5 Å². The normalized spacial score (nSPS) is 13.2. The zero-order valence-corrected chi connectivity index (χ0v) is 32.7. The molecule has 0 radical (unpaired) electrons. The van der Waals surface area contributed by atoms with Crippen LogP contribution in [0.25, 0.3) is 83.6 Å². The van der Waals surface area contributed by atoms with Gasteiger partial charge in [0, 0.05) is 29.2 Å². The first-order chi connectivity index (χ1) is 31.0. The Morgan fingerprint density at radius 1 is 0.610 bits per heavy atom. The second kappa shape index (κ2) is 13.6. The zero-order valence-electron chi connectivity index (χ0n) is 37.7. The van der Waals surface area contributed by atoms with Crippen LogP contribution in [0.2, 0.25) is 0 Å². The Morgan fingerprint density at radius 2 is 1.27 bits per heavy atom. The molecule has 0 bridgehead atoms. The second-order valence-electron chi connectivity index (χ2n) is 15.9. The Hall–Kier alpha value is -7.50. The minimum Gasteiger partial charge on any atom is -0.458 e. The maximum absolute atomic E-state index is 9.03. The monoisotopic (exact) mass is 765 g/mol. The SMILES string of the molecule is [2H]c1c([2H])c([2H])c(-c2cccc3c2-[n+]2[c-]n(-c4cccc(Oc5ccc6c7ccccc7n(-c7cc(C(C)(C)C)ccn7)c6c5)c4)cc2-c2ccccc2-c2ccccc2-3)c([2H])c1[2H]. The van der Waals surface area contributed by atoms with E-state index in [0.717, 1.165) is 66.8 Å². The second-order valence-corrected chi connectivity index (χ2v) is 15.9. The molecule has 1 aliphatic heterocycles. The molecule has 5 heteroatoms. The lowest BCUT2D eigenvalue weighted by Gasteiger charge is -2.24. The molecule has 0 saturated carbocycles. The maximum atomic E-state index is 9.03. The van der Waals surface area contributed by atoms with Crippen molar-refractivity contribution in [1.29, 1.82) is 0 Å². The Labute approximate surface area is 350 Å². The summed E-state index contributed by atoms with van der Waals surface area (Å²) in [5.74, 6) is 2.14. The standard InChI is InChI=1S/C54H40N4O/c1-54(2,3)37-29-30-55-52(31-37)58-49-26-12-11-23-46(49)47-28-27-40(33-50(47)58)59-39-18-13-17-38(32-39)56-34-51-45-22-10-9-20-43(45)42-19-7-8-21-44(42)48-25-14-24-41(53(48)57(51)35-56)36-15-5-4-6-16-36/h4-34H,1-3H3/i4D,5D,6D,15D,16D. The van der Waals surface area contributed by atoms with Gasteiger partial charge < -0.3 is 4.74 Å². The third kappa shape index (κ3) is 5.85. The van der Waals surface area contributed by atoms with Crippen molar-refractivity contribution in [3.8, 4) is 73.3 Å². The number of imidazole rings is 1. The van der Waals surface area contributed by atoms with Gasteiger partial charge in [0.1, 0.15) is 17.3 Å². The highest BCUT2D eigenvalue weighted by atomic mass is 16.5. The van der Waals surface area contributed by atoms with Gasteiger partial charge in [0.2, 0.25) is 0 Å². The zero-order chi connectivity index (χ0) is 44.0. The fraction of sp³-hybridized carbons (Fsp3) is 0.0741. The van der Waals surface area contributed by atoms with Gasteiger partial charge in [-0.3, -0.25) is 13.7 Å². The summed E-state index contributed by atoms with van der Waals surface area (Å²) < 4.78 is 56.3. The summed E-state index contributed by atoms with van der Waals surface area (Å²) in [4.78, 5) is 4.85. The Bertz CT molecular complexity index is 3520. The molecule has 282 valence electrons. The Balaban J connectivity index is 1.07. The molecule has 1 aliphatic rings. The van der Waals surface area contributed by atoms with E-state index in [-0.39, 0.29) is 35.1 Å². The number of para-hydroxylation sites is 2. The molecule has 10 aromatic rings. The van der Waals surface area contributed by atoms with Crippen LogP contribution in [-0.2, 0) is 5.41 Å². The van der Waals surface area contributed by atoms with Crippen LogP contribution in [0.4, 0.5) is 0 Å². The molecule has 0 fully saturated rings. The summed E-state index contributed by atoms with van der Waals surface area (Å²) >= 11 is 0. The van der Waals surface area contributed by atoms with E-state index < -0.39 is 6.04 Å². The van der Waals surface area contributed by atoms with E-state index in [4.69, 9.17) is 16.6 Å². The number of fused-ring (bicyclic) bond motifs is 11. The average molecular weight is 766 g/mol. The van der Waals surface area contributed by atoms with E-state index in [1.165, 1.54) is 5.56 Å². The van der Waals surface area contributed by atoms with Gasteiger partial charge in [0.05, 0.1) is 35.0 Å². The predicted octanol–water partition coefficient (Wildman–Crippen LogP) is 13.1. The highest BCUT2D eigenvalue weighted by Gasteiger charge is 2.26. The number of benzene rings is 7. The van der Waals surface area contributed by atoms with Crippen molar-refractivity contribution in [3.05, 3.63) is 200 Å². The van der Waals surface area contributed by atoms with Crippen LogP contribution in [0, 0.1) is 6.33 Å². The molecule has 0 N–H and O–H groups in total. The molecule has 0 amide bonds. The molecule has 59 heavy (non-hydrogen) atoms. The molecule has 4 heterocycles. The Kier molecular flexibility index (Phi) is 6.83. The molecular formula is C54H40N4O. The van der Waals surface area contributed by atoms with Gasteiger partial charge in [-0.15, -0.1) is 0 Å². The van der Waals surface area contributed by atoms with Crippen LogP contribution in [0.5, 0.6) is 11.5 Å². The van der Waals surface area contributed by atoms with E-state index >= 15 is 0 Å². The smallest absolute Gasteiger partial charge is 0.269 e. The lowest BCUT2D eigenvalue weighted by molar-refractivity contribution is -0.586. The minimum absolute atomic E-state index is 0.0481. The molecule has 0 unspecified atom stereocenters. The van der Waals surface area contributed by atoms with Crippen LogP contribution in [0.15, 0.2) is 188 Å². The number of hydrogen-bond donors (Lipinski definition) is 0. The summed E-state index contributed by atoms with van der Waals surface area (Å²) in [5, 5.41) is 2.23. The molecule has 5 nitrogen and oxygen atoms in total. The molecule has 7 aromatic carbocycles. The van der Waals surface area contributed by atoms with Crippen LogP contribution in [-0.4, -0.2) is 14.1 Å². The number of ether oxygens (including phenoxy) is 1. The van der Waals surface area contributed by atoms with Crippen LogP contribution in [0.1, 0.15) is 33.2 Å². The van der Waals surface area contributed by atoms with Crippen molar-refractivity contribution < 1.29 is 16.2 Å². The average Bonchev–Trinajstić information content (AvgIpc) is 3.89. The van der Waals surface area contributed by atoms with Crippen molar-refractivity contribution in [2.75, 3.05) is 0 Å². The number of hydrogen-bond acceptors (Lipinski definition) is 2.